The van der Waals surface area contributed by atoms with Gasteiger partial charge in [0.05, 0.1) is 11.6 Å². The smallest absolute Gasteiger partial charge is 0.137 e. The Labute approximate surface area is 141 Å². The molecule has 112 valence electrons. The van der Waals surface area contributed by atoms with E-state index in [1.165, 1.54) is 6.07 Å². The number of rotatable bonds is 5. The van der Waals surface area contributed by atoms with E-state index < -0.39 is 0 Å². The fourth-order valence-corrected chi connectivity index (χ4v) is 3.01. The van der Waals surface area contributed by atoms with Crippen LogP contribution in [0.5, 0.6) is 5.75 Å². The Hall–Kier alpha value is -0.910. The molecular weight excluding hydrogens is 401 g/mol. The van der Waals surface area contributed by atoms with Gasteiger partial charge in [0.15, 0.2) is 0 Å². The van der Waals surface area contributed by atoms with Crippen molar-refractivity contribution in [3.05, 3.63) is 62.3 Å². The van der Waals surface area contributed by atoms with Crippen molar-refractivity contribution in [3.63, 3.8) is 0 Å². The average molecular weight is 417 g/mol. The van der Waals surface area contributed by atoms with E-state index in [2.05, 4.69) is 37.2 Å². The molecule has 0 radical (unpaired) electrons. The van der Waals surface area contributed by atoms with Gasteiger partial charge in [-0.25, -0.2) is 4.39 Å². The summed E-state index contributed by atoms with van der Waals surface area (Å²) < 4.78 is 20.2. The van der Waals surface area contributed by atoms with Crippen LogP contribution in [0.1, 0.15) is 17.2 Å². The lowest BCUT2D eigenvalue weighted by Gasteiger charge is -2.20. The molecule has 0 amide bonds. The Balaban J connectivity index is 2.29. The third-order valence-electron chi connectivity index (χ3n) is 3.34. The number of benzene rings is 2. The molecule has 0 aliphatic rings. The molecule has 0 aromatic heterocycles. The van der Waals surface area contributed by atoms with Crippen molar-refractivity contribution < 1.29 is 9.13 Å². The number of hydrogen-bond acceptors (Lipinski definition) is 2. The molecule has 0 saturated carbocycles. The van der Waals surface area contributed by atoms with Gasteiger partial charge in [-0.05, 0) is 59.2 Å². The SMILES string of the molecule is CNC(Cc1ccc(F)c(Br)c1)c1ccc(Br)cc1OC. The van der Waals surface area contributed by atoms with E-state index >= 15 is 0 Å². The molecule has 0 saturated heterocycles. The molecule has 1 N–H and O–H groups in total. The van der Waals surface area contributed by atoms with Gasteiger partial charge < -0.3 is 10.1 Å². The van der Waals surface area contributed by atoms with Crippen molar-refractivity contribution >= 4 is 31.9 Å². The molecule has 0 bridgehead atoms. The van der Waals surface area contributed by atoms with Gasteiger partial charge in [0.1, 0.15) is 11.6 Å². The van der Waals surface area contributed by atoms with Crippen LogP contribution < -0.4 is 10.1 Å². The van der Waals surface area contributed by atoms with Gasteiger partial charge >= 0.3 is 0 Å². The van der Waals surface area contributed by atoms with E-state index in [4.69, 9.17) is 4.74 Å². The van der Waals surface area contributed by atoms with Crippen LogP contribution in [0.3, 0.4) is 0 Å². The molecule has 1 atom stereocenters. The van der Waals surface area contributed by atoms with Gasteiger partial charge in [-0.1, -0.05) is 28.1 Å². The van der Waals surface area contributed by atoms with Gasteiger partial charge in [-0.2, -0.15) is 0 Å². The van der Waals surface area contributed by atoms with Crippen molar-refractivity contribution in [2.24, 2.45) is 0 Å². The highest BCUT2D eigenvalue weighted by atomic mass is 79.9. The van der Waals surface area contributed by atoms with E-state index in [0.29, 0.717) is 4.47 Å². The van der Waals surface area contributed by atoms with Crippen molar-refractivity contribution in [1.29, 1.82) is 0 Å². The lowest BCUT2D eigenvalue weighted by Crippen LogP contribution is -2.19. The monoisotopic (exact) mass is 415 g/mol. The molecule has 0 fully saturated rings. The van der Waals surface area contributed by atoms with Crippen LogP contribution in [0.25, 0.3) is 0 Å². The number of methoxy groups -OCH3 is 1. The minimum atomic E-state index is -0.249. The van der Waals surface area contributed by atoms with Crippen molar-refractivity contribution in [3.8, 4) is 5.75 Å². The molecule has 5 heteroatoms. The van der Waals surface area contributed by atoms with Crippen molar-refractivity contribution in [2.45, 2.75) is 12.5 Å². The fourth-order valence-electron chi connectivity index (χ4n) is 2.24. The Kier molecular flexibility index (Phi) is 5.79. The fraction of sp³-hybridized carbons (Fsp3) is 0.250. The van der Waals surface area contributed by atoms with Crippen LogP contribution in [-0.2, 0) is 6.42 Å². The highest BCUT2D eigenvalue weighted by molar-refractivity contribution is 9.10. The van der Waals surface area contributed by atoms with E-state index in [1.807, 2.05) is 31.3 Å². The molecule has 2 aromatic carbocycles. The second-order valence-corrected chi connectivity index (χ2v) is 6.45. The normalized spacial score (nSPS) is 12.2. The zero-order valence-electron chi connectivity index (χ0n) is 11.8. The summed E-state index contributed by atoms with van der Waals surface area (Å²) in [6.45, 7) is 0. The summed E-state index contributed by atoms with van der Waals surface area (Å²) >= 11 is 6.67. The van der Waals surface area contributed by atoms with Gasteiger partial charge in [-0.3, -0.25) is 0 Å². The molecule has 2 nitrogen and oxygen atoms in total. The largest absolute Gasteiger partial charge is 0.496 e. The topological polar surface area (TPSA) is 21.3 Å². The highest BCUT2D eigenvalue weighted by Crippen LogP contribution is 2.31. The van der Waals surface area contributed by atoms with Crippen LogP contribution in [0.4, 0.5) is 4.39 Å². The molecule has 1 unspecified atom stereocenters. The molecule has 21 heavy (non-hydrogen) atoms. The second-order valence-electron chi connectivity index (χ2n) is 4.68. The van der Waals surface area contributed by atoms with Crippen LogP contribution >= 0.6 is 31.9 Å². The molecule has 0 aliphatic heterocycles. The van der Waals surface area contributed by atoms with E-state index in [-0.39, 0.29) is 11.9 Å². The molecule has 2 aromatic rings. The summed E-state index contributed by atoms with van der Waals surface area (Å²) in [4.78, 5) is 0. The van der Waals surface area contributed by atoms with E-state index in [1.54, 1.807) is 13.2 Å². The Morgan fingerprint density at radius 1 is 1.19 bits per heavy atom. The number of nitrogens with one attached hydrogen (secondary N) is 1. The maximum absolute atomic E-state index is 13.3. The van der Waals surface area contributed by atoms with Gasteiger partial charge in [0.25, 0.3) is 0 Å². The predicted octanol–water partition coefficient (Wildman–Crippen LogP) is 4.86. The predicted molar refractivity (Wildman–Crippen MR) is 90.3 cm³/mol. The van der Waals surface area contributed by atoms with E-state index in [9.17, 15) is 4.39 Å². The van der Waals surface area contributed by atoms with Crippen LogP contribution in [0.2, 0.25) is 0 Å². The maximum Gasteiger partial charge on any atom is 0.137 e. The molecular formula is C16H16Br2FNO. The summed E-state index contributed by atoms with van der Waals surface area (Å²) in [7, 11) is 3.57. The van der Waals surface area contributed by atoms with Crippen molar-refractivity contribution in [1.82, 2.24) is 5.32 Å². The maximum atomic E-state index is 13.3. The summed E-state index contributed by atoms with van der Waals surface area (Å²) in [6, 6.07) is 11.1. The van der Waals surface area contributed by atoms with Crippen LogP contribution in [0, 0.1) is 5.82 Å². The molecule has 2 rings (SSSR count). The number of likely N-dealkylation sites (N-methyl/N-ethyl adjacent to an activating group) is 1. The van der Waals surface area contributed by atoms with Gasteiger partial charge in [0, 0.05) is 16.1 Å². The number of halogens is 3. The first kappa shape index (κ1) is 16.5. The van der Waals surface area contributed by atoms with Crippen LogP contribution in [-0.4, -0.2) is 14.2 Å². The number of hydrogen-bond donors (Lipinski definition) is 1. The third-order valence-corrected chi connectivity index (χ3v) is 4.44. The minimum Gasteiger partial charge on any atom is -0.496 e. The third kappa shape index (κ3) is 4.05. The summed E-state index contributed by atoms with van der Waals surface area (Å²) in [5.74, 6) is 0.575. The molecule has 0 aliphatic carbocycles. The Morgan fingerprint density at radius 3 is 2.57 bits per heavy atom. The Morgan fingerprint density at radius 2 is 1.95 bits per heavy atom. The van der Waals surface area contributed by atoms with Crippen LogP contribution in [0.15, 0.2) is 45.3 Å². The standard InChI is InChI=1S/C16H16Br2FNO/c1-20-15(8-10-3-6-14(19)13(18)7-10)12-5-4-11(17)9-16(12)21-2/h3-7,9,15,20H,8H2,1-2H3. The van der Waals surface area contributed by atoms with Gasteiger partial charge in [0.2, 0.25) is 0 Å². The molecule has 0 heterocycles. The highest BCUT2D eigenvalue weighted by Gasteiger charge is 2.16. The van der Waals surface area contributed by atoms with Crippen molar-refractivity contribution in [2.75, 3.05) is 14.2 Å². The average Bonchev–Trinajstić information content (AvgIpc) is 2.48. The first-order chi connectivity index (χ1) is 10.0. The first-order valence-electron chi connectivity index (χ1n) is 6.49. The molecule has 0 spiro atoms. The lowest BCUT2D eigenvalue weighted by molar-refractivity contribution is 0.401. The summed E-state index contributed by atoms with van der Waals surface area (Å²) in [5.41, 5.74) is 2.12. The van der Waals surface area contributed by atoms with E-state index in [0.717, 1.165) is 27.8 Å². The second kappa shape index (κ2) is 7.38. The number of ether oxygens (including phenoxy) is 1. The zero-order chi connectivity index (χ0) is 15.4. The summed E-state index contributed by atoms with van der Waals surface area (Å²) in [5, 5.41) is 3.29. The summed E-state index contributed by atoms with van der Waals surface area (Å²) in [6.07, 6.45) is 0.743. The first-order valence-corrected chi connectivity index (χ1v) is 8.08. The van der Waals surface area contributed by atoms with Gasteiger partial charge in [-0.15, -0.1) is 0 Å². The lowest BCUT2D eigenvalue weighted by atomic mass is 9.98. The Bertz CT molecular complexity index is 634. The quantitative estimate of drug-likeness (QED) is 0.751. The minimum absolute atomic E-state index is 0.0883. The zero-order valence-corrected chi connectivity index (χ0v) is 15.0.